The molecule has 3 nitrogen and oxygen atoms in total. The summed E-state index contributed by atoms with van der Waals surface area (Å²) < 4.78 is 4.95. The average molecular weight is 477 g/mol. The number of hydrogen-bond acceptors (Lipinski definition) is 3. The van der Waals surface area contributed by atoms with Gasteiger partial charge in [-0.3, -0.25) is 4.79 Å². The monoisotopic (exact) mass is 476 g/mol. The number of ether oxygens (including phenoxy) is 1. The standard InChI is InChI=1S/C21H40O2.C10H16O/c1-3-5-6-7-8-9-10-11-12-13-14-15-16-17-18-19-20-23-21(22)4-2;1-9(2)7-4-5-10(9,3)8(11)6-7/h4H,2-3,5-20H2,1H3;7H,4-6H2,1-3H3. The van der Waals surface area contributed by atoms with Gasteiger partial charge in [-0.25, -0.2) is 4.79 Å². The average Bonchev–Trinajstić information content (AvgIpc) is 3.14. The summed E-state index contributed by atoms with van der Waals surface area (Å²) in [5.41, 5.74) is 0.307. The van der Waals surface area contributed by atoms with E-state index in [0.29, 0.717) is 18.3 Å². The van der Waals surface area contributed by atoms with Crippen LogP contribution in [0.2, 0.25) is 0 Å². The Morgan fingerprint density at radius 2 is 1.29 bits per heavy atom. The lowest BCUT2D eigenvalue weighted by atomic mass is 9.70. The Morgan fingerprint density at radius 1 is 0.853 bits per heavy atom. The maximum absolute atomic E-state index is 11.6. The van der Waals surface area contributed by atoms with Gasteiger partial charge in [0.2, 0.25) is 0 Å². The molecule has 0 N–H and O–H groups in total. The van der Waals surface area contributed by atoms with Crippen LogP contribution < -0.4 is 0 Å². The van der Waals surface area contributed by atoms with E-state index in [4.69, 9.17) is 4.74 Å². The summed E-state index contributed by atoms with van der Waals surface area (Å²) in [6, 6.07) is 0. The Bertz CT molecular complexity index is 579. The van der Waals surface area contributed by atoms with Gasteiger partial charge in [-0.1, -0.05) is 131 Å². The maximum Gasteiger partial charge on any atom is 0.330 e. The molecular formula is C31H56O3. The zero-order valence-corrected chi connectivity index (χ0v) is 23.2. The topological polar surface area (TPSA) is 43.4 Å². The van der Waals surface area contributed by atoms with Crippen LogP contribution in [0, 0.1) is 16.7 Å². The molecule has 2 aliphatic rings. The molecule has 34 heavy (non-hydrogen) atoms. The van der Waals surface area contributed by atoms with Crippen molar-refractivity contribution < 1.29 is 14.3 Å². The zero-order chi connectivity index (χ0) is 25.3. The molecule has 2 atom stereocenters. The molecule has 0 spiro atoms. The number of fused-ring (bicyclic) bond motifs is 2. The number of unbranched alkanes of at least 4 members (excludes halogenated alkanes) is 15. The number of carbonyl (C=O) groups is 2. The van der Waals surface area contributed by atoms with E-state index in [1.54, 1.807) is 0 Å². The lowest BCUT2D eigenvalue weighted by Crippen LogP contribution is -2.32. The van der Waals surface area contributed by atoms with E-state index in [-0.39, 0.29) is 16.8 Å². The third-order valence-corrected chi connectivity index (χ3v) is 8.89. The SMILES string of the molecule is C=CC(=O)OCCCCCCCCCCCCCCCCCC.CC12CCC(CC1=O)C2(C)C. The van der Waals surface area contributed by atoms with E-state index in [1.165, 1.54) is 109 Å². The van der Waals surface area contributed by atoms with Crippen molar-refractivity contribution in [2.75, 3.05) is 6.61 Å². The third-order valence-electron chi connectivity index (χ3n) is 8.89. The fraction of sp³-hybridized carbons (Fsp3) is 0.871. The second-order valence-corrected chi connectivity index (χ2v) is 11.6. The van der Waals surface area contributed by atoms with Gasteiger partial charge in [0.15, 0.2) is 0 Å². The van der Waals surface area contributed by atoms with Crippen molar-refractivity contribution >= 4 is 11.8 Å². The molecule has 0 aromatic heterocycles. The first-order valence-corrected chi connectivity index (χ1v) is 14.6. The quantitative estimate of drug-likeness (QED) is 0.112. The summed E-state index contributed by atoms with van der Waals surface area (Å²) in [7, 11) is 0. The first-order chi connectivity index (χ1) is 16.3. The third kappa shape index (κ3) is 10.6. The fourth-order valence-electron chi connectivity index (χ4n) is 5.78. The van der Waals surface area contributed by atoms with E-state index >= 15 is 0 Å². The molecule has 2 saturated carbocycles. The summed E-state index contributed by atoms with van der Waals surface area (Å²) in [5.74, 6) is 0.893. The van der Waals surface area contributed by atoms with E-state index in [0.717, 1.165) is 19.3 Å². The largest absolute Gasteiger partial charge is 0.463 e. The highest BCUT2D eigenvalue weighted by Crippen LogP contribution is 2.63. The first kappa shape index (κ1) is 30.9. The Kier molecular flexibility index (Phi) is 15.8. The smallest absolute Gasteiger partial charge is 0.330 e. The van der Waals surface area contributed by atoms with Gasteiger partial charge in [0.25, 0.3) is 0 Å². The molecule has 0 heterocycles. The normalized spacial score (nSPS) is 22.4. The molecule has 0 aromatic rings. The molecule has 0 aromatic carbocycles. The van der Waals surface area contributed by atoms with Crippen LogP contribution >= 0.6 is 0 Å². The van der Waals surface area contributed by atoms with E-state index < -0.39 is 0 Å². The number of hydrogen-bond donors (Lipinski definition) is 0. The summed E-state index contributed by atoms with van der Waals surface area (Å²) >= 11 is 0. The van der Waals surface area contributed by atoms with Crippen LogP contribution in [0.3, 0.4) is 0 Å². The van der Waals surface area contributed by atoms with Gasteiger partial charge in [0, 0.05) is 17.9 Å². The molecule has 0 radical (unpaired) electrons. The van der Waals surface area contributed by atoms with Crippen molar-refractivity contribution in [3.05, 3.63) is 12.7 Å². The van der Waals surface area contributed by atoms with Crippen LogP contribution in [0.4, 0.5) is 0 Å². The molecule has 3 heteroatoms. The van der Waals surface area contributed by atoms with E-state index in [9.17, 15) is 9.59 Å². The van der Waals surface area contributed by atoms with Crippen LogP contribution in [0.15, 0.2) is 12.7 Å². The maximum atomic E-state index is 11.6. The van der Waals surface area contributed by atoms with Gasteiger partial charge in [0.05, 0.1) is 6.61 Å². The summed E-state index contributed by atoms with van der Waals surface area (Å²) in [6.45, 7) is 12.9. The second-order valence-electron chi connectivity index (χ2n) is 11.6. The van der Waals surface area contributed by atoms with E-state index in [2.05, 4.69) is 34.3 Å². The minimum atomic E-state index is -0.300. The predicted molar refractivity (Wildman–Crippen MR) is 145 cm³/mol. The molecule has 0 saturated heterocycles. The van der Waals surface area contributed by atoms with Crippen molar-refractivity contribution in [1.82, 2.24) is 0 Å². The van der Waals surface area contributed by atoms with E-state index in [1.807, 2.05) is 0 Å². The van der Waals surface area contributed by atoms with Gasteiger partial charge >= 0.3 is 5.97 Å². The molecule has 198 valence electrons. The van der Waals surface area contributed by atoms with Gasteiger partial charge in [0.1, 0.15) is 5.78 Å². The molecule has 2 fully saturated rings. The molecule has 2 bridgehead atoms. The molecule has 0 aliphatic heterocycles. The highest BCUT2D eigenvalue weighted by molar-refractivity contribution is 5.89. The molecule has 2 aliphatic carbocycles. The Balaban J connectivity index is 0.000000429. The lowest BCUT2D eigenvalue weighted by Gasteiger charge is -2.32. The number of Topliss-reactive ketones (excluding diaryl/α,β-unsaturated/α-hetero) is 1. The number of carbonyl (C=O) groups excluding carboxylic acids is 2. The predicted octanol–water partition coefficient (Wildman–Crippen LogP) is 9.38. The zero-order valence-electron chi connectivity index (χ0n) is 23.2. The number of ketones is 1. The Labute approximate surface area is 211 Å². The number of esters is 1. The van der Waals surface area contributed by atoms with Crippen LogP contribution in [0.5, 0.6) is 0 Å². The van der Waals surface area contributed by atoms with Crippen LogP contribution in [-0.2, 0) is 14.3 Å². The van der Waals surface area contributed by atoms with Crippen LogP contribution in [-0.4, -0.2) is 18.4 Å². The van der Waals surface area contributed by atoms with Gasteiger partial charge in [-0.2, -0.15) is 0 Å². The summed E-state index contributed by atoms with van der Waals surface area (Å²) in [4.78, 5) is 22.4. The van der Waals surface area contributed by atoms with Crippen molar-refractivity contribution in [2.45, 2.75) is 150 Å². The van der Waals surface area contributed by atoms with Crippen LogP contribution in [0.25, 0.3) is 0 Å². The highest BCUT2D eigenvalue weighted by Gasteiger charge is 2.61. The van der Waals surface area contributed by atoms with Gasteiger partial charge < -0.3 is 4.74 Å². The molecule has 0 amide bonds. The highest BCUT2D eigenvalue weighted by atomic mass is 16.5. The van der Waals surface area contributed by atoms with Crippen LogP contribution in [0.1, 0.15) is 150 Å². The molecule has 2 rings (SSSR count). The Hall–Kier alpha value is -1.12. The number of rotatable bonds is 18. The fourth-order valence-corrected chi connectivity index (χ4v) is 5.78. The van der Waals surface area contributed by atoms with Gasteiger partial charge in [-0.05, 0) is 30.6 Å². The van der Waals surface area contributed by atoms with Crippen molar-refractivity contribution in [3.8, 4) is 0 Å². The molecule has 2 unspecified atom stereocenters. The lowest BCUT2D eigenvalue weighted by molar-refractivity contribution is -0.137. The van der Waals surface area contributed by atoms with Crippen molar-refractivity contribution in [2.24, 2.45) is 16.7 Å². The van der Waals surface area contributed by atoms with Crippen molar-refractivity contribution in [1.29, 1.82) is 0 Å². The Morgan fingerprint density at radius 3 is 1.59 bits per heavy atom. The van der Waals surface area contributed by atoms with Gasteiger partial charge in [-0.15, -0.1) is 0 Å². The molecular weight excluding hydrogens is 420 g/mol. The summed E-state index contributed by atoms with van der Waals surface area (Å²) in [6.07, 6.45) is 26.2. The minimum absolute atomic E-state index is 0.0255. The summed E-state index contributed by atoms with van der Waals surface area (Å²) in [5, 5.41) is 0. The second kappa shape index (κ2) is 17.3. The first-order valence-electron chi connectivity index (χ1n) is 14.6. The minimum Gasteiger partial charge on any atom is -0.463 e. The van der Waals surface area contributed by atoms with Crippen molar-refractivity contribution in [3.63, 3.8) is 0 Å².